The molecule has 0 atom stereocenters. The van der Waals surface area contributed by atoms with Crippen LogP contribution in [0.25, 0.3) is 0 Å². The minimum absolute atomic E-state index is 0.0339. The smallest absolute Gasteiger partial charge is 0.270 e. The normalized spacial score (nSPS) is 11.1. The topological polar surface area (TPSA) is 124 Å². The summed E-state index contributed by atoms with van der Waals surface area (Å²) in [7, 11) is -2.85. The summed E-state index contributed by atoms with van der Waals surface area (Å²) < 4.78 is 26.6. The fourth-order valence-corrected chi connectivity index (χ4v) is 3.67. The number of nitro benzene ring substituents is 1. The van der Waals surface area contributed by atoms with Crippen LogP contribution in [0.2, 0.25) is 0 Å². The maximum absolute atomic E-state index is 12.9. The van der Waals surface area contributed by atoms with E-state index in [1.807, 2.05) is 0 Å². The molecule has 0 saturated heterocycles. The third-order valence-corrected chi connectivity index (χ3v) is 5.44. The van der Waals surface area contributed by atoms with Crippen molar-refractivity contribution in [2.24, 2.45) is 5.73 Å². The Hall–Kier alpha value is -2.94. The van der Waals surface area contributed by atoms with Crippen molar-refractivity contribution >= 4 is 27.3 Å². The molecule has 0 unspecified atom stereocenters. The first-order chi connectivity index (χ1) is 11.2. The quantitative estimate of drug-likeness (QED) is 0.651. The van der Waals surface area contributed by atoms with Gasteiger partial charge in [0, 0.05) is 19.2 Å². The van der Waals surface area contributed by atoms with Crippen LogP contribution in [0.15, 0.2) is 47.4 Å². The highest BCUT2D eigenvalue weighted by Crippen LogP contribution is 2.29. The van der Waals surface area contributed by atoms with Gasteiger partial charge in [-0.25, -0.2) is 8.42 Å². The van der Waals surface area contributed by atoms with E-state index in [9.17, 15) is 23.3 Å². The number of nitro groups is 1. The molecule has 9 heteroatoms. The van der Waals surface area contributed by atoms with Gasteiger partial charge in [0.25, 0.3) is 21.6 Å². The number of benzene rings is 2. The van der Waals surface area contributed by atoms with Crippen LogP contribution < -0.4 is 10.0 Å². The van der Waals surface area contributed by atoms with Crippen molar-refractivity contribution < 1.29 is 18.1 Å². The largest absolute Gasteiger partial charge is 0.366 e. The second-order valence-electron chi connectivity index (χ2n) is 5.06. The van der Waals surface area contributed by atoms with Gasteiger partial charge in [0.05, 0.1) is 21.1 Å². The van der Waals surface area contributed by atoms with Crippen LogP contribution in [-0.2, 0) is 10.0 Å². The summed E-state index contributed by atoms with van der Waals surface area (Å²) in [6.07, 6.45) is 0. The van der Waals surface area contributed by atoms with Gasteiger partial charge >= 0.3 is 0 Å². The lowest BCUT2D eigenvalue weighted by Crippen LogP contribution is -2.29. The van der Waals surface area contributed by atoms with Crippen molar-refractivity contribution in [1.29, 1.82) is 0 Å². The van der Waals surface area contributed by atoms with E-state index in [4.69, 9.17) is 5.73 Å². The van der Waals surface area contributed by atoms with Crippen molar-refractivity contribution in [3.05, 3.63) is 63.7 Å². The van der Waals surface area contributed by atoms with E-state index in [2.05, 4.69) is 0 Å². The Balaban J connectivity index is 2.62. The maximum Gasteiger partial charge on any atom is 0.270 e. The molecule has 2 rings (SSSR count). The molecule has 0 aliphatic carbocycles. The molecule has 2 aromatic carbocycles. The van der Waals surface area contributed by atoms with E-state index in [-0.39, 0.29) is 21.8 Å². The van der Waals surface area contributed by atoms with E-state index in [1.165, 1.54) is 38.2 Å². The van der Waals surface area contributed by atoms with Gasteiger partial charge in [-0.2, -0.15) is 0 Å². The van der Waals surface area contributed by atoms with Crippen LogP contribution in [0.3, 0.4) is 0 Å². The highest BCUT2D eigenvalue weighted by atomic mass is 32.2. The summed E-state index contributed by atoms with van der Waals surface area (Å²) in [5, 5.41) is 10.9. The molecule has 0 fully saturated rings. The van der Waals surface area contributed by atoms with E-state index in [0.29, 0.717) is 5.56 Å². The number of nitrogens with two attached hydrogens (primary N) is 1. The van der Waals surface area contributed by atoms with Crippen LogP contribution in [0.1, 0.15) is 15.9 Å². The minimum Gasteiger partial charge on any atom is -0.366 e. The van der Waals surface area contributed by atoms with Crippen LogP contribution in [0.4, 0.5) is 11.4 Å². The number of primary amides is 1. The number of carbonyl (C=O) groups excluding carboxylic acids is 1. The van der Waals surface area contributed by atoms with Gasteiger partial charge in [0.1, 0.15) is 0 Å². The zero-order valence-corrected chi connectivity index (χ0v) is 13.8. The predicted molar refractivity (Wildman–Crippen MR) is 88.4 cm³/mol. The Kier molecular flexibility index (Phi) is 4.56. The van der Waals surface area contributed by atoms with E-state index in [0.717, 1.165) is 10.4 Å². The molecule has 0 bridgehead atoms. The molecular formula is C15H15N3O5S. The predicted octanol–water partition coefficient (Wildman–Crippen LogP) is 1.83. The Morgan fingerprint density at radius 1 is 1.21 bits per heavy atom. The van der Waals surface area contributed by atoms with Gasteiger partial charge in [-0.15, -0.1) is 0 Å². The molecule has 0 saturated carbocycles. The molecule has 2 aromatic rings. The summed E-state index contributed by atoms with van der Waals surface area (Å²) in [5.41, 5.74) is 5.42. The van der Waals surface area contributed by atoms with E-state index in [1.54, 1.807) is 12.1 Å². The number of hydrogen-bond acceptors (Lipinski definition) is 5. The lowest BCUT2D eigenvalue weighted by Gasteiger charge is -2.22. The zero-order valence-electron chi connectivity index (χ0n) is 13.0. The fraction of sp³-hybridized carbons (Fsp3) is 0.133. The third kappa shape index (κ3) is 3.06. The third-order valence-electron chi connectivity index (χ3n) is 3.53. The van der Waals surface area contributed by atoms with Gasteiger partial charge in [-0.1, -0.05) is 18.2 Å². The second-order valence-corrected chi connectivity index (χ2v) is 7.00. The monoisotopic (exact) mass is 349 g/mol. The molecule has 24 heavy (non-hydrogen) atoms. The maximum atomic E-state index is 12.9. The standard InChI is InChI=1S/C15H15N3O5S/c1-10-7-8-11(18(20)21)9-14(10)24(22,23)17(2)13-6-4-3-5-12(13)15(16)19/h3-9H,1-2H3,(H2,16,19). The average molecular weight is 349 g/mol. The number of carbonyl (C=O) groups is 1. The molecule has 1 amide bonds. The highest BCUT2D eigenvalue weighted by Gasteiger charge is 2.27. The summed E-state index contributed by atoms with van der Waals surface area (Å²) in [6.45, 7) is 1.53. The molecular weight excluding hydrogens is 334 g/mol. The number of anilines is 1. The van der Waals surface area contributed by atoms with Crippen LogP contribution in [0, 0.1) is 17.0 Å². The van der Waals surface area contributed by atoms with Gasteiger partial charge < -0.3 is 5.73 Å². The zero-order chi connectivity index (χ0) is 18.1. The van der Waals surface area contributed by atoms with Crippen molar-refractivity contribution in [3.8, 4) is 0 Å². The van der Waals surface area contributed by atoms with Crippen molar-refractivity contribution in [2.75, 3.05) is 11.4 Å². The summed E-state index contributed by atoms with van der Waals surface area (Å²) in [5.74, 6) is -0.775. The van der Waals surface area contributed by atoms with E-state index >= 15 is 0 Å². The number of hydrogen-bond donors (Lipinski definition) is 1. The van der Waals surface area contributed by atoms with Gasteiger partial charge in [-0.05, 0) is 24.6 Å². The first kappa shape index (κ1) is 17.4. The Morgan fingerprint density at radius 2 is 1.83 bits per heavy atom. The second kappa shape index (κ2) is 6.28. The molecule has 0 aromatic heterocycles. The SMILES string of the molecule is Cc1ccc([N+](=O)[O-])cc1S(=O)(=O)N(C)c1ccccc1C(N)=O. The number of aryl methyl sites for hydroxylation is 1. The lowest BCUT2D eigenvalue weighted by molar-refractivity contribution is -0.385. The minimum atomic E-state index is -4.11. The lowest BCUT2D eigenvalue weighted by atomic mass is 10.2. The van der Waals surface area contributed by atoms with Crippen molar-refractivity contribution in [2.45, 2.75) is 11.8 Å². The van der Waals surface area contributed by atoms with Crippen LogP contribution in [0.5, 0.6) is 0 Å². The highest BCUT2D eigenvalue weighted by molar-refractivity contribution is 7.92. The molecule has 0 aliphatic rings. The number of nitrogens with zero attached hydrogens (tertiary/aromatic N) is 2. The first-order valence-corrected chi connectivity index (χ1v) is 8.23. The van der Waals surface area contributed by atoms with Gasteiger partial charge in [0.15, 0.2) is 0 Å². The Labute approximate surface area is 138 Å². The molecule has 126 valence electrons. The van der Waals surface area contributed by atoms with E-state index < -0.39 is 20.9 Å². The average Bonchev–Trinajstić information content (AvgIpc) is 2.54. The molecule has 0 radical (unpaired) electrons. The number of para-hydroxylation sites is 1. The van der Waals surface area contributed by atoms with Gasteiger partial charge in [0.2, 0.25) is 0 Å². The molecule has 0 spiro atoms. The number of sulfonamides is 1. The molecule has 2 N–H and O–H groups in total. The van der Waals surface area contributed by atoms with Crippen molar-refractivity contribution in [1.82, 2.24) is 0 Å². The van der Waals surface area contributed by atoms with Crippen LogP contribution >= 0.6 is 0 Å². The molecule has 8 nitrogen and oxygen atoms in total. The fourth-order valence-electron chi connectivity index (χ4n) is 2.21. The Morgan fingerprint density at radius 3 is 2.42 bits per heavy atom. The van der Waals surface area contributed by atoms with Crippen LogP contribution in [-0.4, -0.2) is 26.3 Å². The number of amides is 1. The van der Waals surface area contributed by atoms with Gasteiger partial charge in [-0.3, -0.25) is 19.2 Å². The Bertz CT molecular complexity index is 924. The summed E-state index contributed by atoms with van der Waals surface area (Å²) in [4.78, 5) is 21.5. The summed E-state index contributed by atoms with van der Waals surface area (Å²) >= 11 is 0. The van der Waals surface area contributed by atoms with Crippen molar-refractivity contribution in [3.63, 3.8) is 0 Å². The first-order valence-electron chi connectivity index (χ1n) is 6.79. The number of rotatable bonds is 5. The number of non-ortho nitro benzene ring substituents is 1. The molecule has 0 aliphatic heterocycles. The summed E-state index contributed by atoms with van der Waals surface area (Å²) in [6, 6.07) is 9.55. The molecule has 0 heterocycles.